The molecule has 1 aromatic carbocycles. The van der Waals surface area contributed by atoms with Crippen LogP contribution >= 0.6 is 0 Å². The topological polar surface area (TPSA) is 133 Å². The summed E-state index contributed by atoms with van der Waals surface area (Å²) in [5, 5.41) is 26.0. The number of nitrogens with zero attached hydrogens (tertiary/aromatic N) is 6. The summed E-state index contributed by atoms with van der Waals surface area (Å²) in [6, 6.07) is 7.79. The predicted molar refractivity (Wildman–Crippen MR) is 86.0 cm³/mol. The molecule has 0 spiro atoms. The summed E-state index contributed by atoms with van der Waals surface area (Å²) in [5.74, 6) is 0.680. The smallest absolute Gasteiger partial charge is 0.269 e. The van der Waals surface area contributed by atoms with Gasteiger partial charge in [-0.2, -0.15) is 20.2 Å². The molecule has 1 aliphatic rings. The normalized spacial score (nSPS) is 14.0. The molecule has 24 heavy (non-hydrogen) atoms. The summed E-state index contributed by atoms with van der Waals surface area (Å²) in [4.78, 5) is 24.7. The molecule has 122 valence electrons. The number of nitrogens with one attached hydrogen (secondary N) is 2. The molecule has 10 heteroatoms. The summed E-state index contributed by atoms with van der Waals surface area (Å²) in [5.41, 5.74) is 0.581. The second-order valence-corrected chi connectivity index (χ2v) is 5.06. The summed E-state index contributed by atoms with van der Waals surface area (Å²) in [7, 11) is 0. The number of benzene rings is 1. The van der Waals surface area contributed by atoms with Crippen molar-refractivity contribution < 1.29 is 4.92 Å². The molecule has 1 aromatic heterocycles. The Morgan fingerprint density at radius 3 is 2.54 bits per heavy atom. The first-order valence-corrected chi connectivity index (χ1v) is 7.29. The number of aromatic nitrogens is 3. The van der Waals surface area contributed by atoms with Crippen LogP contribution in [0, 0.1) is 21.4 Å². The molecule has 3 rings (SSSR count). The Kier molecular flexibility index (Phi) is 4.44. The Hall–Kier alpha value is -3.32. The molecule has 0 aliphatic carbocycles. The van der Waals surface area contributed by atoms with Crippen molar-refractivity contribution in [1.29, 1.82) is 5.26 Å². The fourth-order valence-electron chi connectivity index (χ4n) is 2.27. The molecule has 10 nitrogen and oxygen atoms in total. The van der Waals surface area contributed by atoms with Gasteiger partial charge in [0.05, 0.1) is 4.92 Å². The van der Waals surface area contributed by atoms with Crippen molar-refractivity contribution in [1.82, 2.24) is 20.3 Å². The van der Waals surface area contributed by atoms with Gasteiger partial charge in [0.25, 0.3) is 5.69 Å². The number of nitriles is 1. The van der Waals surface area contributed by atoms with Crippen molar-refractivity contribution in [3.05, 3.63) is 40.2 Å². The summed E-state index contributed by atoms with van der Waals surface area (Å²) in [6.07, 6.45) is 0. The standard InChI is InChI=1S/C14H14N8O2/c15-9-12-18-13(17-10-1-3-11(4-2-10)22(23)24)20-14(19-12)21-7-5-16-6-8-21/h1-4,16H,5-8H2,(H,17,18,19,20). The number of nitro groups is 1. The van der Waals surface area contributed by atoms with Crippen LogP contribution in [-0.2, 0) is 0 Å². The third kappa shape index (κ3) is 3.53. The van der Waals surface area contributed by atoms with Crippen LogP contribution in [0.1, 0.15) is 5.82 Å². The lowest BCUT2D eigenvalue weighted by Gasteiger charge is -2.27. The van der Waals surface area contributed by atoms with E-state index < -0.39 is 4.92 Å². The van der Waals surface area contributed by atoms with Gasteiger partial charge in [0.15, 0.2) is 0 Å². The quantitative estimate of drug-likeness (QED) is 0.618. The number of nitro benzene ring substituents is 1. The number of anilines is 3. The minimum atomic E-state index is -0.469. The van der Waals surface area contributed by atoms with E-state index in [0.29, 0.717) is 11.6 Å². The Bertz CT molecular complexity index is 780. The van der Waals surface area contributed by atoms with Gasteiger partial charge in [-0.1, -0.05) is 0 Å². The Morgan fingerprint density at radius 1 is 1.21 bits per heavy atom. The minimum Gasteiger partial charge on any atom is -0.338 e. The van der Waals surface area contributed by atoms with Crippen LogP contribution in [0.2, 0.25) is 0 Å². The zero-order valence-electron chi connectivity index (χ0n) is 12.6. The third-order valence-electron chi connectivity index (χ3n) is 3.46. The molecule has 2 heterocycles. The molecule has 1 aliphatic heterocycles. The van der Waals surface area contributed by atoms with Gasteiger partial charge in [-0.05, 0) is 12.1 Å². The lowest BCUT2D eigenvalue weighted by Crippen LogP contribution is -2.44. The molecular weight excluding hydrogens is 312 g/mol. The Balaban J connectivity index is 1.84. The highest BCUT2D eigenvalue weighted by atomic mass is 16.6. The maximum Gasteiger partial charge on any atom is 0.269 e. The molecule has 0 atom stereocenters. The van der Waals surface area contributed by atoms with Gasteiger partial charge in [-0.25, -0.2) is 0 Å². The molecule has 0 amide bonds. The molecule has 2 aromatic rings. The third-order valence-corrected chi connectivity index (χ3v) is 3.46. The van der Waals surface area contributed by atoms with Crippen molar-refractivity contribution in [2.24, 2.45) is 0 Å². The van der Waals surface area contributed by atoms with E-state index in [9.17, 15) is 10.1 Å². The second-order valence-electron chi connectivity index (χ2n) is 5.06. The SMILES string of the molecule is N#Cc1nc(Nc2ccc([N+](=O)[O-])cc2)nc(N2CCNCC2)n1. The van der Waals surface area contributed by atoms with Crippen molar-refractivity contribution in [3.63, 3.8) is 0 Å². The van der Waals surface area contributed by atoms with Gasteiger partial charge in [0.1, 0.15) is 6.07 Å². The van der Waals surface area contributed by atoms with E-state index in [0.717, 1.165) is 26.2 Å². The van der Waals surface area contributed by atoms with Crippen LogP contribution in [0.3, 0.4) is 0 Å². The van der Waals surface area contributed by atoms with Crippen molar-refractivity contribution in [3.8, 4) is 6.07 Å². The number of non-ortho nitro benzene ring substituents is 1. The molecule has 0 saturated carbocycles. The highest BCUT2D eigenvalue weighted by Crippen LogP contribution is 2.19. The molecule has 0 bridgehead atoms. The number of hydrogen-bond donors (Lipinski definition) is 2. The average Bonchev–Trinajstić information content (AvgIpc) is 2.62. The number of piperazine rings is 1. The van der Waals surface area contributed by atoms with Crippen molar-refractivity contribution in [2.75, 3.05) is 36.4 Å². The summed E-state index contributed by atoms with van der Waals surface area (Å²) < 4.78 is 0. The molecule has 2 N–H and O–H groups in total. The van der Waals surface area contributed by atoms with Gasteiger partial charge >= 0.3 is 0 Å². The Morgan fingerprint density at radius 2 is 1.92 bits per heavy atom. The fourth-order valence-corrected chi connectivity index (χ4v) is 2.27. The van der Waals surface area contributed by atoms with Crippen molar-refractivity contribution in [2.45, 2.75) is 0 Å². The van der Waals surface area contributed by atoms with Crippen molar-refractivity contribution >= 4 is 23.3 Å². The maximum atomic E-state index is 10.7. The summed E-state index contributed by atoms with van der Waals surface area (Å²) in [6.45, 7) is 3.12. The minimum absolute atomic E-state index is 0.00424. The predicted octanol–water partition coefficient (Wildman–Crippen LogP) is 0.805. The average molecular weight is 326 g/mol. The van der Waals surface area contributed by atoms with Gasteiger partial charge in [0.2, 0.25) is 17.7 Å². The highest BCUT2D eigenvalue weighted by molar-refractivity contribution is 5.56. The molecule has 0 unspecified atom stereocenters. The van der Waals surface area contributed by atoms with Gasteiger partial charge < -0.3 is 15.5 Å². The molecule has 1 saturated heterocycles. The monoisotopic (exact) mass is 326 g/mol. The van der Waals surface area contributed by atoms with E-state index in [-0.39, 0.29) is 17.5 Å². The number of rotatable bonds is 4. The highest BCUT2D eigenvalue weighted by Gasteiger charge is 2.16. The summed E-state index contributed by atoms with van der Waals surface area (Å²) >= 11 is 0. The first-order valence-electron chi connectivity index (χ1n) is 7.29. The van der Waals surface area contributed by atoms with Crippen LogP contribution in [0.4, 0.5) is 23.3 Å². The van der Waals surface area contributed by atoms with Gasteiger partial charge in [0, 0.05) is 44.0 Å². The lowest BCUT2D eigenvalue weighted by molar-refractivity contribution is -0.384. The zero-order chi connectivity index (χ0) is 16.9. The first-order chi connectivity index (χ1) is 11.7. The van der Waals surface area contributed by atoms with Crippen LogP contribution in [0.15, 0.2) is 24.3 Å². The molecule has 0 radical (unpaired) electrons. The van der Waals surface area contributed by atoms with Crippen LogP contribution in [-0.4, -0.2) is 46.1 Å². The van der Waals surface area contributed by atoms with Crippen LogP contribution in [0.5, 0.6) is 0 Å². The van der Waals surface area contributed by atoms with Crippen LogP contribution in [0.25, 0.3) is 0 Å². The number of hydrogen-bond acceptors (Lipinski definition) is 9. The molecule has 1 fully saturated rings. The van der Waals surface area contributed by atoms with E-state index in [1.807, 2.05) is 11.0 Å². The van der Waals surface area contributed by atoms with E-state index in [1.165, 1.54) is 12.1 Å². The van der Waals surface area contributed by atoms with E-state index in [4.69, 9.17) is 5.26 Å². The second kappa shape index (κ2) is 6.84. The van der Waals surface area contributed by atoms with Crippen LogP contribution < -0.4 is 15.5 Å². The van der Waals surface area contributed by atoms with Gasteiger partial charge in [-0.3, -0.25) is 10.1 Å². The van der Waals surface area contributed by atoms with Gasteiger partial charge in [-0.15, -0.1) is 0 Å². The van der Waals surface area contributed by atoms with E-state index in [1.54, 1.807) is 12.1 Å². The largest absolute Gasteiger partial charge is 0.338 e. The fraction of sp³-hybridized carbons (Fsp3) is 0.286. The first kappa shape index (κ1) is 15.6. The zero-order valence-corrected chi connectivity index (χ0v) is 12.6. The Labute approximate surface area is 137 Å². The molecular formula is C14H14N8O2. The van der Waals surface area contributed by atoms with E-state index >= 15 is 0 Å². The lowest BCUT2D eigenvalue weighted by atomic mass is 10.3. The maximum absolute atomic E-state index is 10.7. The van der Waals surface area contributed by atoms with E-state index in [2.05, 4.69) is 25.6 Å².